The van der Waals surface area contributed by atoms with Crippen LogP contribution in [0.1, 0.15) is 24.0 Å². The monoisotopic (exact) mass is 496 g/mol. The van der Waals surface area contributed by atoms with E-state index in [1.807, 2.05) is 0 Å². The van der Waals surface area contributed by atoms with Crippen molar-refractivity contribution in [1.29, 1.82) is 0 Å². The number of halogens is 1. The third-order valence-electron chi connectivity index (χ3n) is 8.78. The van der Waals surface area contributed by atoms with E-state index in [4.69, 9.17) is 11.6 Å². The molecule has 0 nitrogen and oxygen atoms in total. The second-order valence-electron chi connectivity index (χ2n) is 10.4. The Morgan fingerprint density at radius 2 is 0.917 bits per heavy atom. The third kappa shape index (κ3) is 2.50. The average Bonchev–Trinajstić information content (AvgIpc) is 3.41. The minimum absolute atomic E-state index is 0.938. The smallest absolute Gasteiger partial charge is 0.0840 e. The minimum Gasteiger partial charge on any atom is -0.0840 e. The lowest BCUT2D eigenvalue weighted by atomic mass is 9.85. The Hall–Kier alpha value is -3.39. The van der Waals surface area contributed by atoms with Crippen molar-refractivity contribution in [2.75, 3.05) is 0 Å². The predicted octanol–water partition coefficient (Wildman–Crippen LogP) is 6.22. The highest BCUT2D eigenvalue weighted by atomic mass is 35.5. The first-order chi connectivity index (χ1) is 17.8. The van der Waals surface area contributed by atoms with E-state index in [0.29, 0.717) is 0 Å². The molecule has 0 bridgehead atoms. The zero-order valence-corrected chi connectivity index (χ0v) is 21.8. The van der Waals surface area contributed by atoms with E-state index in [-0.39, 0.29) is 0 Å². The highest BCUT2D eigenvalue weighted by Gasteiger charge is 2.54. The summed E-state index contributed by atoms with van der Waals surface area (Å²) in [5.41, 5.74) is 11.3. The molecule has 3 aliphatic rings. The standard InChI is InChI=1S/C34H25ClSi/c35-30-21-20-23(22-10-1-2-11-24(22)30)28-15-9-16-29-27-14-5-8-19-33(27)36(34(28)29)31-17-6-3-12-25(31)26-13-4-7-18-32(26)36/h3-9,12-21H,1-2,10-11H2. The van der Waals surface area contributed by atoms with Crippen LogP contribution in [0.3, 0.4) is 0 Å². The molecular weight excluding hydrogens is 472 g/mol. The van der Waals surface area contributed by atoms with Gasteiger partial charge in [0, 0.05) is 5.02 Å². The van der Waals surface area contributed by atoms with E-state index in [1.54, 1.807) is 5.19 Å². The van der Waals surface area contributed by atoms with Crippen molar-refractivity contribution in [2.24, 2.45) is 0 Å². The van der Waals surface area contributed by atoms with Crippen molar-refractivity contribution in [3.8, 4) is 33.4 Å². The highest BCUT2D eigenvalue weighted by Crippen LogP contribution is 2.41. The average molecular weight is 497 g/mol. The second-order valence-corrected chi connectivity index (χ2v) is 14.4. The van der Waals surface area contributed by atoms with E-state index in [0.717, 1.165) is 17.9 Å². The maximum Gasteiger partial charge on any atom is 0.182 e. The molecule has 8 rings (SSSR count). The maximum absolute atomic E-state index is 6.76. The van der Waals surface area contributed by atoms with Crippen LogP contribution >= 0.6 is 11.6 Å². The number of hydrogen-bond acceptors (Lipinski definition) is 0. The molecule has 0 radical (unpaired) electrons. The van der Waals surface area contributed by atoms with Crippen LogP contribution in [-0.2, 0) is 12.8 Å². The quantitative estimate of drug-likeness (QED) is 0.236. The fourth-order valence-electron chi connectivity index (χ4n) is 7.46. The molecule has 1 spiro atoms. The van der Waals surface area contributed by atoms with Gasteiger partial charge in [0.15, 0.2) is 8.07 Å². The SMILES string of the molecule is Clc1ccc(-c2cccc3c2[Si]2(c4ccccc4-c4ccccc42)c2ccccc2-3)c2c1CCCC2. The van der Waals surface area contributed by atoms with Gasteiger partial charge in [-0.05, 0) is 97.0 Å². The van der Waals surface area contributed by atoms with Crippen LogP contribution in [0.25, 0.3) is 33.4 Å². The van der Waals surface area contributed by atoms with Gasteiger partial charge in [-0.15, -0.1) is 0 Å². The van der Waals surface area contributed by atoms with Gasteiger partial charge in [-0.3, -0.25) is 0 Å². The van der Waals surface area contributed by atoms with Gasteiger partial charge in [0.2, 0.25) is 0 Å². The van der Waals surface area contributed by atoms with Crippen LogP contribution in [0.5, 0.6) is 0 Å². The van der Waals surface area contributed by atoms with Gasteiger partial charge < -0.3 is 0 Å². The number of rotatable bonds is 1. The zero-order valence-electron chi connectivity index (χ0n) is 20.0. The summed E-state index contributed by atoms with van der Waals surface area (Å²) in [4.78, 5) is 0. The number of fused-ring (bicyclic) bond motifs is 11. The zero-order chi connectivity index (χ0) is 23.9. The van der Waals surface area contributed by atoms with E-state index in [2.05, 4.69) is 103 Å². The van der Waals surface area contributed by atoms with Crippen LogP contribution in [0, 0.1) is 0 Å². The molecule has 0 saturated heterocycles. The second kappa shape index (κ2) is 7.55. The van der Waals surface area contributed by atoms with Crippen molar-refractivity contribution in [3.63, 3.8) is 0 Å². The summed E-state index contributed by atoms with van der Waals surface area (Å²) in [6.45, 7) is 0. The molecule has 0 unspecified atom stereocenters. The van der Waals surface area contributed by atoms with Crippen molar-refractivity contribution >= 4 is 40.4 Å². The topological polar surface area (TPSA) is 0 Å². The van der Waals surface area contributed by atoms with Crippen LogP contribution in [0.2, 0.25) is 5.02 Å². The van der Waals surface area contributed by atoms with Crippen molar-refractivity contribution in [2.45, 2.75) is 25.7 Å². The van der Waals surface area contributed by atoms with Crippen LogP contribution in [0.4, 0.5) is 0 Å². The van der Waals surface area contributed by atoms with Crippen LogP contribution < -0.4 is 20.7 Å². The molecule has 2 aliphatic heterocycles. The fourth-order valence-corrected chi connectivity index (χ4v) is 13.6. The third-order valence-corrected chi connectivity index (χ3v) is 14.2. The van der Waals surface area contributed by atoms with E-state index in [9.17, 15) is 0 Å². The Morgan fingerprint density at radius 1 is 0.444 bits per heavy atom. The molecule has 0 saturated carbocycles. The molecule has 0 atom stereocenters. The van der Waals surface area contributed by atoms with Gasteiger partial charge in [-0.25, -0.2) is 0 Å². The lowest BCUT2D eigenvalue weighted by Gasteiger charge is -2.31. The highest BCUT2D eigenvalue weighted by molar-refractivity contribution is 7.24. The molecule has 36 heavy (non-hydrogen) atoms. The Balaban J connectivity index is 1.55. The van der Waals surface area contributed by atoms with Crippen LogP contribution in [-0.4, -0.2) is 8.07 Å². The van der Waals surface area contributed by atoms with Crippen molar-refractivity contribution in [3.05, 3.63) is 119 Å². The Morgan fingerprint density at radius 3 is 1.53 bits per heavy atom. The van der Waals surface area contributed by atoms with Crippen LogP contribution in [0.15, 0.2) is 103 Å². The van der Waals surface area contributed by atoms with Crippen molar-refractivity contribution in [1.82, 2.24) is 0 Å². The lowest BCUT2D eigenvalue weighted by molar-refractivity contribution is 0.687. The molecule has 5 aromatic rings. The van der Waals surface area contributed by atoms with Gasteiger partial charge in [0.25, 0.3) is 0 Å². The molecular formula is C34H25ClSi. The molecule has 1 aliphatic carbocycles. The summed E-state index contributed by atoms with van der Waals surface area (Å²) in [6, 6.07) is 39.1. The van der Waals surface area contributed by atoms with Crippen molar-refractivity contribution < 1.29 is 0 Å². The Bertz CT molecular complexity index is 1650. The summed E-state index contributed by atoms with van der Waals surface area (Å²) < 4.78 is 0. The van der Waals surface area contributed by atoms with Gasteiger partial charge in [-0.1, -0.05) is 109 Å². The largest absolute Gasteiger partial charge is 0.182 e. The molecule has 2 heterocycles. The van der Waals surface area contributed by atoms with E-state index < -0.39 is 8.07 Å². The lowest BCUT2D eigenvalue weighted by Crippen LogP contribution is -2.71. The summed E-state index contributed by atoms with van der Waals surface area (Å²) in [6.07, 6.45) is 4.67. The first-order valence-electron chi connectivity index (χ1n) is 13.0. The molecule has 2 heteroatoms. The molecule has 0 aromatic heterocycles. The maximum atomic E-state index is 6.76. The number of hydrogen-bond donors (Lipinski definition) is 0. The first-order valence-corrected chi connectivity index (χ1v) is 15.4. The van der Waals surface area contributed by atoms with Gasteiger partial charge >= 0.3 is 0 Å². The fraction of sp³-hybridized carbons (Fsp3) is 0.118. The summed E-state index contributed by atoms with van der Waals surface area (Å²) >= 11 is 6.76. The van der Waals surface area contributed by atoms with E-state index in [1.165, 1.54) is 72.9 Å². The Kier molecular flexibility index (Phi) is 4.36. The normalized spacial score (nSPS) is 15.7. The molecule has 0 N–H and O–H groups in total. The number of benzene rings is 5. The molecule has 0 fully saturated rings. The Labute approximate surface area is 218 Å². The predicted molar refractivity (Wildman–Crippen MR) is 155 cm³/mol. The van der Waals surface area contributed by atoms with Gasteiger partial charge in [-0.2, -0.15) is 0 Å². The van der Waals surface area contributed by atoms with Gasteiger partial charge in [0.1, 0.15) is 0 Å². The summed E-state index contributed by atoms with van der Waals surface area (Å²) in [7, 11) is -2.47. The van der Waals surface area contributed by atoms with E-state index >= 15 is 0 Å². The molecule has 5 aromatic carbocycles. The first kappa shape index (κ1) is 20.8. The van der Waals surface area contributed by atoms with Gasteiger partial charge in [0.05, 0.1) is 0 Å². The molecule has 0 amide bonds. The molecule has 172 valence electrons. The summed E-state index contributed by atoms with van der Waals surface area (Å²) in [5, 5.41) is 7.11. The summed E-state index contributed by atoms with van der Waals surface area (Å²) in [5.74, 6) is 0. The minimum atomic E-state index is -2.47.